The van der Waals surface area contributed by atoms with Crippen LogP contribution in [0.2, 0.25) is 30.1 Å². The van der Waals surface area contributed by atoms with E-state index < -0.39 is 32.9 Å². The van der Waals surface area contributed by atoms with Gasteiger partial charge in [0.25, 0.3) is 0 Å². The van der Waals surface area contributed by atoms with Crippen LogP contribution in [0.15, 0.2) is 146 Å². The van der Waals surface area contributed by atoms with Gasteiger partial charge in [-0.15, -0.1) is 0 Å². The first-order valence-corrected chi connectivity index (χ1v) is 35.2. The Morgan fingerprint density at radius 1 is 0.250 bits per heavy atom. The van der Waals surface area contributed by atoms with E-state index in [0.717, 1.165) is 30.1 Å². The Hall–Kier alpha value is 1.28. The van der Waals surface area contributed by atoms with Crippen molar-refractivity contribution in [3.63, 3.8) is 0 Å². The van der Waals surface area contributed by atoms with Crippen LogP contribution in [0.3, 0.4) is 0 Å². The van der Waals surface area contributed by atoms with Gasteiger partial charge in [-0.25, -0.2) is 0 Å². The van der Waals surface area contributed by atoms with Crippen molar-refractivity contribution in [3.8, 4) is 0 Å². The van der Waals surface area contributed by atoms with Gasteiger partial charge in [-0.3, -0.25) is 0 Å². The molecule has 0 aliphatic carbocycles. The average Bonchev–Trinajstić information content (AvgIpc) is 3.12. The molecule has 0 saturated carbocycles. The SMILES string of the molecule is C[P+](c1ccc(Cl)cc1)(c1ccc(Cl)cc1)c1ccc(Cl)cc1.C[P+](c1ccc(Cl)cc1)(c1ccc(Cl)cc1)c1ccc(Cl)cc1.[Cl][Mn-]([Cl])([Cl])[Cl].[Cl][Mn-]([Cl])([Cl])[Cl]. The van der Waals surface area contributed by atoms with Crippen LogP contribution in [0.25, 0.3) is 0 Å². The van der Waals surface area contributed by atoms with Crippen molar-refractivity contribution in [3.05, 3.63) is 176 Å². The molecule has 18 heteroatoms. The molecule has 0 spiro atoms. The van der Waals surface area contributed by atoms with Crippen molar-refractivity contribution in [2.75, 3.05) is 13.3 Å². The average molecular weight is 1150 g/mol. The van der Waals surface area contributed by atoms with Gasteiger partial charge in [-0.05, 0) is 146 Å². The summed E-state index contributed by atoms with van der Waals surface area (Å²) in [6.45, 7) is 4.62. The van der Waals surface area contributed by atoms with Gasteiger partial charge in [-0.1, -0.05) is 69.6 Å². The summed E-state index contributed by atoms with van der Waals surface area (Å²) in [5.41, 5.74) is 0. The Kier molecular flexibility index (Phi) is 21.8. The van der Waals surface area contributed by atoms with Crippen LogP contribution >= 0.6 is 165 Å². The van der Waals surface area contributed by atoms with E-state index in [1.807, 2.05) is 72.8 Å². The number of halogens is 14. The molecule has 304 valence electrons. The molecular formula is C38H30Cl14Mn2P2. The van der Waals surface area contributed by atoms with Crippen LogP contribution in [0, 0.1) is 0 Å². The van der Waals surface area contributed by atoms with E-state index in [2.05, 4.69) is 86.1 Å². The molecule has 0 nitrogen and oxygen atoms in total. The van der Waals surface area contributed by atoms with Gasteiger partial charge in [0.2, 0.25) is 0 Å². The van der Waals surface area contributed by atoms with Gasteiger partial charge in [-0.2, -0.15) is 0 Å². The van der Waals surface area contributed by atoms with Crippen molar-refractivity contribution in [2.45, 2.75) is 0 Å². The van der Waals surface area contributed by atoms with E-state index in [-0.39, 0.29) is 0 Å². The molecule has 6 aromatic carbocycles. The van der Waals surface area contributed by atoms with Crippen molar-refractivity contribution in [1.82, 2.24) is 0 Å². The Balaban J connectivity index is 0.000000242. The predicted octanol–water partition coefficient (Wildman–Crippen LogP) is 16.7. The van der Waals surface area contributed by atoms with E-state index in [1.54, 1.807) is 0 Å². The van der Waals surface area contributed by atoms with Gasteiger partial charge < -0.3 is 0 Å². The van der Waals surface area contributed by atoms with Gasteiger partial charge in [0.1, 0.15) is 46.4 Å². The molecule has 0 aromatic heterocycles. The fourth-order valence-electron chi connectivity index (χ4n) is 5.33. The van der Waals surface area contributed by atoms with Crippen molar-refractivity contribution >= 4 is 197 Å². The van der Waals surface area contributed by atoms with Gasteiger partial charge in [0.15, 0.2) is 0 Å². The van der Waals surface area contributed by atoms with Crippen LogP contribution in [-0.2, 0) is 18.4 Å². The second-order valence-corrected chi connectivity index (χ2v) is 44.7. The van der Waals surface area contributed by atoms with Gasteiger partial charge in [0, 0.05) is 30.1 Å². The molecule has 0 bridgehead atoms. The third-order valence-corrected chi connectivity index (χ3v) is 17.6. The zero-order chi connectivity index (χ0) is 41.9. The number of hydrogen-bond acceptors (Lipinski definition) is 0. The Morgan fingerprint density at radius 2 is 0.339 bits per heavy atom. The van der Waals surface area contributed by atoms with Crippen LogP contribution in [-0.4, -0.2) is 13.3 Å². The van der Waals surface area contributed by atoms with E-state index in [4.69, 9.17) is 150 Å². The molecule has 0 aliphatic rings. The third kappa shape index (κ3) is 17.2. The molecular weight excluding hydrogens is 1120 g/mol. The number of rotatable bonds is 6. The summed E-state index contributed by atoms with van der Waals surface area (Å²) in [6.07, 6.45) is 0. The standard InChI is InChI=1S/2C19H15Cl3P.8ClH.2Mn/c2*1-23(17-8-2-14(20)3-9-17,18-10-4-15(21)5-11-18)19-12-6-16(22)7-13-19;;;;;;;;;;/h2*2-13H,1H3;8*1H;;/q2*+1;;;;;;;;;2*+3/p-8. The van der Waals surface area contributed by atoms with Gasteiger partial charge >= 0.3 is 99.2 Å². The molecule has 6 aromatic rings. The third-order valence-electron chi connectivity index (χ3n) is 8.06. The van der Waals surface area contributed by atoms with Crippen molar-refractivity contribution < 1.29 is 18.4 Å². The summed E-state index contributed by atoms with van der Waals surface area (Å²) in [5.74, 6) is 0. The number of hydrogen-bond donors (Lipinski definition) is 0. The molecule has 0 fully saturated rings. The summed E-state index contributed by atoms with van der Waals surface area (Å²) >= 11 is 36.4. The Bertz CT molecular complexity index is 1700. The monoisotopic (exact) mass is 1150 g/mol. The summed E-state index contributed by atoms with van der Waals surface area (Å²) in [6, 6.07) is 48.7. The molecule has 6 rings (SSSR count). The minimum atomic E-state index is -2.74. The Morgan fingerprint density at radius 3 is 0.429 bits per heavy atom. The van der Waals surface area contributed by atoms with E-state index in [1.165, 1.54) is 31.8 Å². The summed E-state index contributed by atoms with van der Waals surface area (Å²) in [7, 11) is 30.7. The fourth-order valence-corrected chi connectivity index (χ4v) is 12.3. The molecule has 0 N–H and O–H groups in total. The first kappa shape index (κ1) is 51.6. The van der Waals surface area contributed by atoms with Crippen molar-refractivity contribution in [1.29, 1.82) is 0 Å². The quantitative estimate of drug-likeness (QED) is 0.115. The number of benzene rings is 6. The van der Waals surface area contributed by atoms with Crippen LogP contribution < -0.4 is 31.8 Å². The zero-order valence-electron chi connectivity index (χ0n) is 28.8. The van der Waals surface area contributed by atoms with Crippen LogP contribution in [0.1, 0.15) is 0 Å². The van der Waals surface area contributed by atoms with Crippen LogP contribution in [0.4, 0.5) is 0 Å². The first-order valence-electron chi connectivity index (χ1n) is 15.4. The predicted molar refractivity (Wildman–Crippen MR) is 259 cm³/mol. The summed E-state index contributed by atoms with van der Waals surface area (Å²) < 4.78 is 0. The summed E-state index contributed by atoms with van der Waals surface area (Å²) in [5, 5.41) is 12.1. The van der Waals surface area contributed by atoms with Crippen LogP contribution in [0.5, 0.6) is 0 Å². The molecule has 0 radical (unpaired) electrons. The molecule has 0 atom stereocenters. The summed E-state index contributed by atoms with van der Waals surface area (Å²) in [4.78, 5) is 0. The molecule has 0 amide bonds. The van der Waals surface area contributed by atoms with Crippen molar-refractivity contribution in [2.24, 2.45) is 0 Å². The zero-order valence-corrected chi connectivity index (χ0v) is 43.5. The van der Waals surface area contributed by atoms with E-state index in [9.17, 15) is 0 Å². The molecule has 0 saturated heterocycles. The normalized spacial score (nSPS) is 12.1. The van der Waals surface area contributed by atoms with Gasteiger partial charge in [0.05, 0.1) is 13.3 Å². The Labute approximate surface area is 399 Å². The van der Waals surface area contributed by atoms with E-state index >= 15 is 0 Å². The van der Waals surface area contributed by atoms with E-state index in [0.29, 0.717) is 0 Å². The second kappa shape index (κ2) is 23.6. The fraction of sp³-hybridized carbons (Fsp3) is 0.0526. The molecule has 0 aliphatic heterocycles. The molecule has 0 unspecified atom stereocenters. The topological polar surface area (TPSA) is 0 Å². The second-order valence-electron chi connectivity index (χ2n) is 11.5. The minimum absolute atomic E-state index is 0.743. The first-order chi connectivity index (χ1) is 26.0. The maximum absolute atomic E-state index is 6.07. The molecule has 0 heterocycles. The molecule has 56 heavy (non-hydrogen) atoms. The maximum atomic E-state index is 6.07.